The number of nitrogens with one attached hydrogen (secondary N) is 1. The van der Waals surface area contributed by atoms with Crippen molar-refractivity contribution in [2.24, 2.45) is 5.92 Å². The monoisotopic (exact) mass is 452 g/mol. The van der Waals surface area contributed by atoms with Gasteiger partial charge in [0.1, 0.15) is 18.0 Å². The van der Waals surface area contributed by atoms with Crippen LogP contribution in [0.3, 0.4) is 0 Å². The number of carbonyl (C=O) groups is 3. The van der Waals surface area contributed by atoms with Crippen LogP contribution in [0.15, 0.2) is 42.5 Å². The summed E-state index contributed by atoms with van der Waals surface area (Å²) in [4.78, 5) is 38.9. The van der Waals surface area contributed by atoms with Crippen LogP contribution >= 0.6 is 0 Å². The largest absolute Gasteiger partial charge is 0.485 e. The van der Waals surface area contributed by atoms with E-state index in [0.717, 1.165) is 6.42 Å². The van der Waals surface area contributed by atoms with Gasteiger partial charge in [0, 0.05) is 12.1 Å². The van der Waals surface area contributed by atoms with Crippen molar-refractivity contribution in [3.63, 3.8) is 0 Å². The van der Waals surface area contributed by atoms with Gasteiger partial charge < -0.3 is 14.8 Å². The number of hydrogen-bond acceptors (Lipinski definition) is 5. The number of Topliss-reactive ketones (excluding diaryl/α,β-unsaturated/α-hetero) is 1. The lowest BCUT2D eigenvalue weighted by atomic mass is 10.0. The molecule has 0 aromatic heterocycles. The Hall–Kier alpha value is -3.35. The third-order valence-electron chi connectivity index (χ3n) is 5.49. The molecule has 7 nitrogen and oxygen atoms in total. The fourth-order valence-corrected chi connectivity index (χ4v) is 3.43. The Morgan fingerprint density at radius 3 is 2.48 bits per heavy atom. The molecule has 0 bridgehead atoms. The van der Waals surface area contributed by atoms with E-state index < -0.39 is 0 Å². The Bertz CT molecular complexity index is 998. The highest BCUT2D eigenvalue weighted by molar-refractivity contribution is 6.04. The SMILES string of the molecule is CC(C)CCNC(=O)CN1C(=O)COc2ccc(C(=O)COc3ccc(C(C)C)cc3)cc21. The van der Waals surface area contributed by atoms with E-state index in [1.807, 2.05) is 24.3 Å². The van der Waals surface area contributed by atoms with E-state index in [1.54, 1.807) is 18.2 Å². The van der Waals surface area contributed by atoms with Crippen LogP contribution in [0, 0.1) is 5.92 Å². The third kappa shape index (κ3) is 6.57. The summed E-state index contributed by atoms with van der Waals surface area (Å²) in [5.74, 6) is 1.16. The van der Waals surface area contributed by atoms with Crippen LogP contribution in [0.4, 0.5) is 5.69 Å². The van der Waals surface area contributed by atoms with Crippen LogP contribution in [0.1, 0.15) is 56.0 Å². The van der Waals surface area contributed by atoms with Gasteiger partial charge in [0.05, 0.1) is 5.69 Å². The van der Waals surface area contributed by atoms with E-state index >= 15 is 0 Å². The maximum absolute atomic E-state index is 12.7. The van der Waals surface area contributed by atoms with Gasteiger partial charge in [0.15, 0.2) is 19.0 Å². The van der Waals surface area contributed by atoms with Crippen LogP contribution in [-0.2, 0) is 9.59 Å². The predicted octanol–water partition coefficient (Wildman–Crippen LogP) is 3.96. The fraction of sp³-hybridized carbons (Fsp3) is 0.423. The second-order valence-corrected chi connectivity index (χ2v) is 8.92. The van der Waals surface area contributed by atoms with Gasteiger partial charge in [0.2, 0.25) is 5.91 Å². The second-order valence-electron chi connectivity index (χ2n) is 8.92. The zero-order chi connectivity index (χ0) is 24.0. The maximum atomic E-state index is 12.7. The summed E-state index contributed by atoms with van der Waals surface area (Å²) < 4.78 is 11.1. The Labute approximate surface area is 195 Å². The number of rotatable bonds is 10. The highest BCUT2D eigenvalue weighted by Crippen LogP contribution is 2.33. The fourth-order valence-electron chi connectivity index (χ4n) is 3.43. The van der Waals surface area contributed by atoms with Gasteiger partial charge in [-0.2, -0.15) is 0 Å². The number of benzene rings is 2. The minimum absolute atomic E-state index is 0.121. The molecule has 3 rings (SSSR count). The van der Waals surface area contributed by atoms with Gasteiger partial charge in [-0.15, -0.1) is 0 Å². The first-order valence-corrected chi connectivity index (χ1v) is 11.3. The molecule has 0 aliphatic carbocycles. The number of ether oxygens (including phenoxy) is 2. The van der Waals surface area contributed by atoms with Crippen LogP contribution in [0.25, 0.3) is 0 Å². The van der Waals surface area contributed by atoms with Crippen molar-refractivity contribution in [2.75, 3.05) is 31.2 Å². The van der Waals surface area contributed by atoms with E-state index in [-0.39, 0.29) is 37.4 Å². The molecule has 1 aliphatic rings. The van der Waals surface area contributed by atoms with E-state index in [4.69, 9.17) is 9.47 Å². The van der Waals surface area contributed by atoms with E-state index in [2.05, 4.69) is 33.0 Å². The molecule has 1 aliphatic heterocycles. The number of fused-ring (bicyclic) bond motifs is 1. The van der Waals surface area contributed by atoms with Crippen LogP contribution in [-0.4, -0.2) is 43.9 Å². The first-order valence-electron chi connectivity index (χ1n) is 11.3. The molecular weight excluding hydrogens is 420 g/mol. The molecule has 1 N–H and O–H groups in total. The van der Waals surface area contributed by atoms with Crippen molar-refractivity contribution in [3.05, 3.63) is 53.6 Å². The highest BCUT2D eigenvalue weighted by atomic mass is 16.5. The number of ketones is 1. The second kappa shape index (κ2) is 11.0. The standard InChI is InChI=1S/C26H32N2O5/c1-17(2)11-12-27-25(30)14-28-22-13-20(7-10-24(22)33-16-26(28)31)23(29)15-32-21-8-5-19(6-9-21)18(3)4/h5-10,13,17-18H,11-12,14-16H2,1-4H3,(H,27,30). The highest BCUT2D eigenvalue weighted by Gasteiger charge is 2.28. The molecule has 0 fully saturated rings. The van der Waals surface area contributed by atoms with Crippen LogP contribution in [0.2, 0.25) is 0 Å². The third-order valence-corrected chi connectivity index (χ3v) is 5.49. The van der Waals surface area contributed by atoms with Crippen molar-refractivity contribution in [2.45, 2.75) is 40.0 Å². The summed E-state index contributed by atoms with van der Waals surface area (Å²) >= 11 is 0. The van der Waals surface area contributed by atoms with Crippen molar-refractivity contribution in [1.82, 2.24) is 5.32 Å². The summed E-state index contributed by atoms with van der Waals surface area (Å²) in [6, 6.07) is 12.5. The number of hydrogen-bond donors (Lipinski definition) is 1. The summed E-state index contributed by atoms with van der Waals surface area (Å²) in [5, 5.41) is 2.84. The molecule has 7 heteroatoms. The summed E-state index contributed by atoms with van der Waals surface area (Å²) in [6.45, 7) is 8.54. The molecule has 176 valence electrons. The zero-order valence-corrected chi connectivity index (χ0v) is 19.7. The van der Waals surface area contributed by atoms with Gasteiger partial charge in [-0.25, -0.2) is 0 Å². The molecule has 0 spiro atoms. The average molecular weight is 453 g/mol. The molecule has 2 amide bonds. The van der Waals surface area contributed by atoms with Crippen molar-refractivity contribution < 1.29 is 23.9 Å². The summed E-state index contributed by atoms with van der Waals surface area (Å²) in [7, 11) is 0. The van der Waals surface area contributed by atoms with Crippen molar-refractivity contribution in [1.29, 1.82) is 0 Å². The average Bonchev–Trinajstić information content (AvgIpc) is 2.79. The normalized spacial score (nSPS) is 13.0. The van der Waals surface area contributed by atoms with Gasteiger partial charge in [-0.3, -0.25) is 19.3 Å². The topological polar surface area (TPSA) is 84.9 Å². The molecule has 0 radical (unpaired) electrons. The van der Waals surface area contributed by atoms with E-state index in [1.165, 1.54) is 10.5 Å². The molecule has 2 aromatic carbocycles. The Balaban J connectivity index is 1.67. The molecule has 0 unspecified atom stereocenters. The first-order chi connectivity index (χ1) is 15.7. The first kappa shape index (κ1) is 24.3. The van der Waals surface area contributed by atoms with E-state index in [9.17, 15) is 14.4 Å². The minimum Gasteiger partial charge on any atom is -0.485 e. The Kier molecular flexibility index (Phi) is 8.09. The lowest BCUT2D eigenvalue weighted by Crippen LogP contribution is -2.45. The smallest absolute Gasteiger partial charge is 0.265 e. The van der Waals surface area contributed by atoms with Gasteiger partial charge in [0.25, 0.3) is 5.91 Å². The van der Waals surface area contributed by atoms with Crippen molar-refractivity contribution >= 4 is 23.3 Å². The molecule has 0 saturated carbocycles. The number of nitrogens with zero attached hydrogens (tertiary/aromatic N) is 1. The van der Waals surface area contributed by atoms with Gasteiger partial charge >= 0.3 is 0 Å². The summed E-state index contributed by atoms with van der Waals surface area (Å²) in [6.07, 6.45) is 0.859. The molecule has 0 atom stereocenters. The quantitative estimate of drug-likeness (QED) is 0.552. The van der Waals surface area contributed by atoms with Crippen LogP contribution in [0.5, 0.6) is 11.5 Å². The molecular formula is C26H32N2O5. The predicted molar refractivity (Wildman–Crippen MR) is 127 cm³/mol. The lowest BCUT2D eigenvalue weighted by Gasteiger charge is -2.29. The van der Waals surface area contributed by atoms with Crippen molar-refractivity contribution in [3.8, 4) is 11.5 Å². The van der Waals surface area contributed by atoms with Crippen LogP contribution < -0.4 is 19.7 Å². The molecule has 1 heterocycles. The molecule has 33 heavy (non-hydrogen) atoms. The lowest BCUT2D eigenvalue weighted by molar-refractivity contribution is -0.125. The maximum Gasteiger partial charge on any atom is 0.265 e. The number of carbonyl (C=O) groups excluding carboxylic acids is 3. The number of amides is 2. The minimum atomic E-state index is -0.326. The molecule has 0 saturated heterocycles. The van der Waals surface area contributed by atoms with Gasteiger partial charge in [-0.05, 0) is 54.2 Å². The molecule has 2 aromatic rings. The van der Waals surface area contributed by atoms with E-state index in [0.29, 0.717) is 41.1 Å². The Morgan fingerprint density at radius 2 is 1.82 bits per heavy atom. The zero-order valence-electron chi connectivity index (χ0n) is 19.7. The Morgan fingerprint density at radius 1 is 1.09 bits per heavy atom. The summed E-state index contributed by atoms with van der Waals surface area (Å²) in [5.41, 5.74) is 2.00. The number of anilines is 1. The van der Waals surface area contributed by atoms with Gasteiger partial charge in [-0.1, -0.05) is 39.8 Å².